The van der Waals surface area contributed by atoms with Crippen molar-refractivity contribution in [2.24, 2.45) is 0 Å². The number of rotatable bonds is 7. The van der Waals surface area contributed by atoms with Crippen LogP contribution in [-0.4, -0.2) is 87.2 Å². The normalized spacial score (nSPS) is 18.0. The van der Waals surface area contributed by atoms with Crippen molar-refractivity contribution in [2.75, 3.05) is 38.3 Å². The van der Waals surface area contributed by atoms with Crippen molar-refractivity contribution >= 4 is 42.8 Å². The van der Waals surface area contributed by atoms with Crippen molar-refractivity contribution in [3.8, 4) is 0 Å². The highest BCUT2D eigenvalue weighted by Crippen LogP contribution is 2.36. The van der Waals surface area contributed by atoms with Crippen LogP contribution in [-0.2, 0) is 18.7 Å². The number of carbonyl (C=O) groups excluding carboxylic acids is 3. The topological polar surface area (TPSA) is 110 Å². The van der Waals surface area contributed by atoms with Gasteiger partial charge in [0.05, 0.1) is 13.7 Å². The fraction of sp³-hybridized carbons (Fsp3) is 0.750. The van der Waals surface area contributed by atoms with E-state index in [0.717, 1.165) is 0 Å². The van der Waals surface area contributed by atoms with Gasteiger partial charge in [-0.3, -0.25) is 4.79 Å². The minimum absolute atomic E-state index is 0.0356. The van der Waals surface area contributed by atoms with Crippen LogP contribution in [0.15, 0.2) is 5.38 Å². The molecule has 1 N–H and O–H groups in total. The van der Waals surface area contributed by atoms with Gasteiger partial charge in [0.15, 0.2) is 13.4 Å². The molecule has 36 heavy (non-hydrogen) atoms. The largest absolute Gasteiger partial charge is 0.467 e. The van der Waals surface area contributed by atoms with Gasteiger partial charge < -0.3 is 29.0 Å². The second kappa shape index (κ2) is 11.5. The van der Waals surface area contributed by atoms with E-state index in [1.165, 1.54) is 18.4 Å². The third-order valence-corrected chi connectivity index (χ3v) is 11.9. The van der Waals surface area contributed by atoms with Gasteiger partial charge >= 0.3 is 12.1 Å². The van der Waals surface area contributed by atoms with Crippen molar-refractivity contribution in [2.45, 2.75) is 84.3 Å². The van der Waals surface area contributed by atoms with Crippen LogP contribution in [0.2, 0.25) is 18.1 Å². The van der Waals surface area contributed by atoms with Crippen molar-refractivity contribution in [1.82, 2.24) is 15.2 Å². The van der Waals surface area contributed by atoms with Crippen LogP contribution in [0.4, 0.5) is 9.93 Å². The van der Waals surface area contributed by atoms with Crippen LogP contribution in [0.3, 0.4) is 0 Å². The minimum atomic E-state index is -2.13. The SMILES string of the molecule is COC(=O)[C@H](CO[Si](C)(C)C(C)(C)C)NC(=O)c1csc(N2CCN(C(=O)OC(C)(C)C)[C@@H](C)C2)n1. The van der Waals surface area contributed by atoms with Gasteiger partial charge in [0.2, 0.25) is 0 Å². The third-order valence-electron chi connectivity index (χ3n) is 6.46. The van der Waals surface area contributed by atoms with Gasteiger partial charge in [-0.2, -0.15) is 0 Å². The lowest BCUT2D eigenvalue weighted by Crippen LogP contribution is -2.55. The summed E-state index contributed by atoms with van der Waals surface area (Å²) in [7, 11) is -0.841. The van der Waals surface area contributed by atoms with Crippen LogP contribution < -0.4 is 10.2 Å². The molecule has 0 unspecified atom stereocenters. The molecule has 0 aromatic carbocycles. The lowest BCUT2D eigenvalue weighted by molar-refractivity contribution is -0.143. The van der Waals surface area contributed by atoms with Gasteiger partial charge in [-0.25, -0.2) is 14.6 Å². The smallest absolute Gasteiger partial charge is 0.410 e. The highest BCUT2D eigenvalue weighted by molar-refractivity contribution is 7.13. The van der Waals surface area contributed by atoms with Gasteiger partial charge in [-0.1, -0.05) is 20.8 Å². The highest BCUT2D eigenvalue weighted by atomic mass is 32.1. The fourth-order valence-electron chi connectivity index (χ4n) is 3.29. The highest BCUT2D eigenvalue weighted by Gasteiger charge is 2.39. The summed E-state index contributed by atoms with van der Waals surface area (Å²) in [6, 6.07) is -1.01. The molecule has 0 radical (unpaired) electrons. The van der Waals surface area contributed by atoms with Crippen LogP contribution in [0.5, 0.6) is 0 Å². The zero-order chi connectivity index (χ0) is 27.5. The lowest BCUT2D eigenvalue weighted by atomic mass is 10.2. The maximum Gasteiger partial charge on any atom is 0.410 e. The molecule has 2 amide bonds. The maximum atomic E-state index is 12.9. The molecular weight excluding hydrogens is 500 g/mol. The second-order valence-electron chi connectivity index (χ2n) is 11.6. The number of amides is 2. The Morgan fingerprint density at radius 3 is 2.36 bits per heavy atom. The summed E-state index contributed by atoms with van der Waals surface area (Å²) < 4.78 is 16.5. The summed E-state index contributed by atoms with van der Waals surface area (Å²) in [5, 5.41) is 5.03. The standard InChI is InChI=1S/C24H42N4O6SSi/c1-16-13-27(11-12-28(16)22(31)34-23(2,3)4)21-26-18(15-35-21)19(29)25-17(20(30)32-8)14-33-36(9,10)24(5,6)7/h15-17H,11-14H2,1-10H3,(H,25,29)/t16-,17-/m0/s1. The molecule has 2 rings (SSSR count). The van der Waals surface area contributed by atoms with Crippen LogP contribution in [0.25, 0.3) is 0 Å². The zero-order valence-electron chi connectivity index (χ0n) is 23.3. The van der Waals surface area contributed by atoms with Crippen molar-refractivity contribution in [1.29, 1.82) is 0 Å². The Morgan fingerprint density at radius 2 is 1.83 bits per heavy atom. The van der Waals surface area contributed by atoms with Crippen molar-refractivity contribution in [3.63, 3.8) is 0 Å². The van der Waals surface area contributed by atoms with Gasteiger partial charge in [0, 0.05) is 31.1 Å². The van der Waals surface area contributed by atoms with E-state index in [-0.39, 0.29) is 29.5 Å². The second-order valence-corrected chi connectivity index (χ2v) is 17.3. The molecule has 2 atom stereocenters. The molecule has 204 valence electrons. The number of methoxy groups -OCH3 is 1. The predicted octanol–water partition coefficient (Wildman–Crippen LogP) is 3.88. The Bertz CT molecular complexity index is 940. The van der Waals surface area contributed by atoms with Crippen LogP contribution >= 0.6 is 11.3 Å². The molecule has 1 aromatic heterocycles. The summed E-state index contributed by atoms with van der Waals surface area (Å²) in [6.07, 6.45) is -0.331. The van der Waals surface area contributed by atoms with E-state index in [9.17, 15) is 14.4 Å². The first kappa shape index (κ1) is 30.0. The molecule has 0 saturated carbocycles. The number of thiazole rings is 1. The number of ether oxygens (including phenoxy) is 2. The van der Waals surface area contributed by atoms with E-state index < -0.39 is 31.8 Å². The van der Waals surface area contributed by atoms with Gasteiger partial charge in [0.1, 0.15) is 17.3 Å². The summed E-state index contributed by atoms with van der Waals surface area (Å²) in [4.78, 5) is 46.0. The predicted molar refractivity (Wildman–Crippen MR) is 143 cm³/mol. The number of esters is 1. The molecule has 10 nitrogen and oxygen atoms in total. The van der Waals surface area contributed by atoms with Crippen LogP contribution in [0.1, 0.15) is 59.0 Å². The maximum absolute atomic E-state index is 12.9. The molecular formula is C24H42N4O6SSi. The van der Waals surface area contributed by atoms with Gasteiger partial charge in [0.25, 0.3) is 5.91 Å². The van der Waals surface area contributed by atoms with E-state index >= 15 is 0 Å². The third kappa shape index (κ3) is 7.91. The summed E-state index contributed by atoms with van der Waals surface area (Å²) >= 11 is 1.35. The van der Waals surface area contributed by atoms with Crippen molar-refractivity contribution in [3.05, 3.63) is 11.1 Å². The van der Waals surface area contributed by atoms with E-state index in [0.29, 0.717) is 24.8 Å². The molecule has 1 aromatic rings. The molecule has 1 fully saturated rings. The van der Waals surface area contributed by atoms with E-state index in [4.69, 9.17) is 13.9 Å². The molecule has 12 heteroatoms. The van der Waals surface area contributed by atoms with Crippen LogP contribution in [0, 0.1) is 0 Å². The Hall–Kier alpha value is -2.18. The summed E-state index contributed by atoms with van der Waals surface area (Å²) in [5.41, 5.74) is -0.331. The molecule has 0 bridgehead atoms. The Balaban J connectivity index is 2.03. The first-order valence-electron chi connectivity index (χ1n) is 12.2. The Morgan fingerprint density at radius 1 is 1.19 bits per heavy atom. The Kier molecular flexibility index (Phi) is 9.57. The zero-order valence-corrected chi connectivity index (χ0v) is 25.1. The summed E-state index contributed by atoms with van der Waals surface area (Å²) in [5.74, 6) is -1.03. The van der Waals surface area contributed by atoms with Crippen molar-refractivity contribution < 1.29 is 28.3 Å². The first-order chi connectivity index (χ1) is 16.4. The molecule has 1 aliphatic rings. The lowest BCUT2D eigenvalue weighted by Gasteiger charge is -2.40. The average molecular weight is 543 g/mol. The number of hydrogen-bond donors (Lipinski definition) is 1. The fourth-order valence-corrected chi connectivity index (χ4v) is 5.15. The van der Waals surface area contributed by atoms with Gasteiger partial charge in [-0.05, 0) is 45.8 Å². The quantitative estimate of drug-likeness (QED) is 0.408. The monoisotopic (exact) mass is 542 g/mol. The van der Waals surface area contributed by atoms with E-state index in [1.54, 1.807) is 10.3 Å². The molecule has 1 aliphatic heterocycles. The number of aromatic nitrogens is 1. The summed E-state index contributed by atoms with van der Waals surface area (Å²) in [6.45, 7) is 19.7. The average Bonchev–Trinajstić information content (AvgIpc) is 3.24. The molecule has 0 aliphatic carbocycles. The van der Waals surface area contributed by atoms with E-state index in [1.807, 2.05) is 32.6 Å². The number of piperazine rings is 1. The number of hydrogen-bond acceptors (Lipinski definition) is 9. The minimum Gasteiger partial charge on any atom is -0.467 e. The number of anilines is 1. The van der Waals surface area contributed by atoms with Gasteiger partial charge in [-0.15, -0.1) is 11.3 Å². The molecule has 2 heterocycles. The number of nitrogens with zero attached hydrogens (tertiary/aromatic N) is 3. The molecule has 0 spiro atoms. The Labute approximate surface area is 219 Å². The van der Waals surface area contributed by atoms with E-state index in [2.05, 4.69) is 44.2 Å². The molecule has 1 saturated heterocycles. The number of carbonyl (C=O) groups is 3. The number of nitrogens with one attached hydrogen (secondary N) is 1. The first-order valence-corrected chi connectivity index (χ1v) is 16.0.